The van der Waals surface area contributed by atoms with Crippen molar-refractivity contribution in [1.29, 1.82) is 0 Å². The Kier molecular flexibility index (Phi) is 5.88. The van der Waals surface area contributed by atoms with Crippen molar-refractivity contribution < 1.29 is 26.6 Å². The van der Waals surface area contributed by atoms with E-state index in [4.69, 9.17) is 9.84 Å². The van der Waals surface area contributed by atoms with Gasteiger partial charge in [0.2, 0.25) is 6.33 Å². The molecule has 2 aliphatic rings. The van der Waals surface area contributed by atoms with Crippen LogP contribution in [0.2, 0.25) is 0 Å². The van der Waals surface area contributed by atoms with Crippen LogP contribution in [0.4, 0.5) is 17.3 Å². The van der Waals surface area contributed by atoms with E-state index in [1.807, 2.05) is 0 Å². The molecule has 3 aromatic rings. The van der Waals surface area contributed by atoms with Gasteiger partial charge in [0.25, 0.3) is 0 Å². The first-order valence-corrected chi connectivity index (χ1v) is 10.5. The molecule has 1 aliphatic carbocycles. The molecule has 5 rings (SSSR count). The van der Waals surface area contributed by atoms with E-state index in [1.165, 1.54) is 27.9 Å². The zero-order valence-corrected chi connectivity index (χ0v) is 17.4. The standard InChI is InChI=1S/C22H24N3O.BF4/c1-3-15-9-7-10-16(4-2)21(15)25-14-24-20(23-25)13-26-19-12-17-8-5-6-11-18(17)22(19)24;2-1(3,4)5/h5-11,14,19,22H,3-4,12-13H2,1-2H3;/q+1;-1/t19-,22+;/m0./s1. The van der Waals surface area contributed by atoms with Crippen molar-refractivity contribution in [3.8, 4) is 5.69 Å². The number of para-hydroxylation sites is 1. The largest absolute Gasteiger partial charge is 0.673 e. The van der Waals surface area contributed by atoms with Gasteiger partial charge in [0.15, 0.2) is 0 Å². The van der Waals surface area contributed by atoms with E-state index < -0.39 is 7.25 Å². The Labute approximate surface area is 178 Å². The monoisotopic (exact) mass is 433 g/mol. The number of rotatable bonds is 3. The van der Waals surface area contributed by atoms with E-state index in [0.29, 0.717) is 6.61 Å². The van der Waals surface area contributed by atoms with Crippen LogP contribution in [0.1, 0.15) is 48.0 Å². The number of fused-ring (bicyclic) bond motifs is 5. The Bertz CT molecular complexity index is 1050. The summed E-state index contributed by atoms with van der Waals surface area (Å²) in [5.41, 5.74) is 6.70. The highest BCUT2D eigenvalue weighted by Gasteiger charge is 2.43. The Morgan fingerprint density at radius 3 is 2.32 bits per heavy atom. The molecule has 0 N–H and O–H groups in total. The first-order valence-electron chi connectivity index (χ1n) is 10.5. The van der Waals surface area contributed by atoms with Crippen molar-refractivity contribution in [2.45, 2.75) is 51.9 Å². The molecule has 0 saturated carbocycles. The number of benzene rings is 2. The first-order chi connectivity index (χ1) is 14.8. The Morgan fingerprint density at radius 1 is 1.03 bits per heavy atom. The van der Waals surface area contributed by atoms with Gasteiger partial charge in [0, 0.05) is 11.5 Å². The number of aryl methyl sites for hydroxylation is 2. The zero-order valence-electron chi connectivity index (χ0n) is 17.4. The minimum atomic E-state index is -6.00. The third-order valence-corrected chi connectivity index (χ3v) is 5.82. The minimum absolute atomic E-state index is 0.217. The quantitative estimate of drug-likeness (QED) is 0.343. The normalized spacial score (nSPS) is 19.2. The van der Waals surface area contributed by atoms with E-state index >= 15 is 0 Å². The maximum Gasteiger partial charge on any atom is 0.673 e. The van der Waals surface area contributed by atoms with Gasteiger partial charge < -0.3 is 22.0 Å². The molecule has 0 unspecified atom stereocenters. The van der Waals surface area contributed by atoms with E-state index in [-0.39, 0.29) is 12.1 Å². The summed E-state index contributed by atoms with van der Waals surface area (Å²) in [7, 11) is -6.00. The molecule has 0 radical (unpaired) electrons. The lowest BCUT2D eigenvalue weighted by Gasteiger charge is -2.23. The Hall–Kier alpha value is -2.68. The number of nitrogens with zero attached hydrogens (tertiary/aromatic N) is 3. The highest BCUT2D eigenvalue weighted by molar-refractivity contribution is 6.50. The van der Waals surface area contributed by atoms with Crippen molar-refractivity contribution in [2.24, 2.45) is 0 Å². The van der Waals surface area contributed by atoms with E-state index in [0.717, 1.165) is 25.1 Å². The van der Waals surface area contributed by atoms with Gasteiger partial charge >= 0.3 is 13.1 Å². The van der Waals surface area contributed by atoms with Gasteiger partial charge in [-0.05, 0) is 35.1 Å². The molecule has 0 saturated heterocycles. The lowest BCUT2D eigenvalue weighted by atomic mass is 10.0. The van der Waals surface area contributed by atoms with Crippen molar-refractivity contribution in [2.75, 3.05) is 0 Å². The molecule has 0 spiro atoms. The van der Waals surface area contributed by atoms with Gasteiger partial charge in [-0.15, -0.1) is 0 Å². The van der Waals surface area contributed by atoms with Crippen LogP contribution in [0, 0.1) is 0 Å². The molecule has 4 nitrogen and oxygen atoms in total. The predicted molar refractivity (Wildman–Crippen MR) is 110 cm³/mol. The van der Waals surface area contributed by atoms with Gasteiger partial charge in [-0.1, -0.05) is 61.0 Å². The Morgan fingerprint density at radius 2 is 1.68 bits per heavy atom. The molecule has 2 atom stereocenters. The summed E-state index contributed by atoms with van der Waals surface area (Å²) in [6.07, 6.45) is 5.40. The molecule has 2 heterocycles. The maximum atomic E-state index is 9.75. The predicted octanol–water partition coefficient (Wildman–Crippen LogP) is 4.63. The second-order valence-electron chi connectivity index (χ2n) is 7.71. The minimum Gasteiger partial charge on any atom is -0.418 e. The molecular weight excluding hydrogens is 409 g/mol. The SMILES string of the molecule is CCc1cccc(CC)c1-n1c[n+]2c(n1)CO[C@H]1Cc3ccccc3[C@H]12.F[B-](F)(F)F. The number of hydrogen-bond acceptors (Lipinski definition) is 2. The first kappa shape index (κ1) is 21.6. The van der Waals surface area contributed by atoms with Crippen LogP contribution >= 0.6 is 0 Å². The third kappa shape index (κ3) is 4.37. The van der Waals surface area contributed by atoms with Gasteiger partial charge in [0.05, 0.1) is 0 Å². The van der Waals surface area contributed by atoms with Crippen molar-refractivity contribution in [3.63, 3.8) is 0 Å². The summed E-state index contributed by atoms with van der Waals surface area (Å²) >= 11 is 0. The van der Waals surface area contributed by atoms with Gasteiger partial charge in [-0.2, -0.15) is 0 Å². The fraction of sp³-hybridized carbons (Fsp3) is 0.364. The lowest BCUT2D eigenvalue weighted by molar-refractivity contribution is -0.739. The summed E-state index contributed by atoms with van der Waals surface area (Å²) < 4.78 is 49.6. The fourth-order valence-electron chi connectivity index (χ4n) is 4.54. The van der Waals surface area contributed by atoms with Crippen LogP contribution in [0.15, 0.2) is 48.8 Å². The topological polar surface area (TPSA) is 30.9 Å². The Balaban J connectivity index is 0.000000418. The van der Waals surface area contributed by atoms with Crippen LogP contribution in [-0.4, -0.2) is 23.1 Å². The summed E-state index contributed by atoms with van der Waals surface area (Å²) in [4.78, 5) is 0. The molecular formula is C22H24BF4N3O. The summed E-state index contributed by atoms with van der Waals surface area (Å²) in [5, 5.41) is 4.93. The van der Waals surface area contributed by atoms with Crippen molar-refractivity contribution >= 4 is 7.25 Å². The third-order valence-electron chi connectivity index (χ3n) is 5.82. The molecule has 9 heteroatoms. The van der Waals surface area contributed by atoms with Crippen molar-refractivity contribution in [3.05, 3.63) is 76.9 Å². The molecule has 0 amide bonds. The summed E-state index contributed by atoms with van der Waals surface area (Å²) in [6.45, 7) is 5.00. The smallest absolute Gasteiger partial charge is 0.418 e. The highest BCUT2D eigenvalue weighted by Crippen LogP contribution is 2.35. The van der Waals surface area contributed by atoms with E-state index in [2.05, 4.69) is 71.9 Å². The maximum absolute atomic E-state index is 9.75. The fourth-order valence-corrected chi connectivity index (χ4v) is 4.54. The summed E-state index contributed by atoms with van der Waals surface area (Å²) in [5.74, 6) is 1.01. The average Bonchev–Trinajstić information content (AvgIpc) is 3.32. The second-order valence-corrected chi connectivity index (χ2v) is 7.71. The number of halogens is 4. The number of aromatic nitrogens is 3. The molecule has 1 aromatic heterocycles. The van der Waals surface area contributed by atoms with Crippen molar-refractivity contribution in [1.82, 2.24) is 9.78 Å². The van der Waals surface area contributed by atoms with Gasteiger partial charge in [0.1, 0.15) is 24.4 Å². The van der Waals surface area contributed by atoms with Crippen LogP contribution in [-0.2, 0) is 30.6 Å². The molecule has 0 fully saturated rings. The second kappa shape index (κ2) is 8.46. The molecule has 1 aliphatic heterocycles. The van der Waals surface area contributed by atoms with E-state index in [9.17, 15) is 17.3 Å². The summed E-state index contributed by atoms with van der Waals surface area (Å²) in [6, 6.07) is 15.5. The van der Waals surface area contributed by atoms with Crippen LogP contribution in [0.3, 0.4) is 0 Å². The molecule has 164 valence electrons. The molecule has 0 bridgehead atoms. The number of hydrogen-bond donors (Lipinski definition) is 0. The molecule has 31 heavy (non-hydrogen) atoms. The van der Waals surface area contributed by atoms with Crippen LogP contribution in [0.25, 0.3) is 5.69 Å². The molecule has 2 aromatic carbocycles. The van der Waals surface area contributed by atoms with E-state index in [1.54, 1.807) is 0 Å². The van der Waals surface area contributed by atoms with Crippen LogP contribution in [0.5, 0.6) is 0 Å². The lowest BCUT2D eigenvalue weighted by Crippen LogP contribution is -2.51. The zero-order chi connectivity index (χ0) is 22.2. The number of ether oxygens (including phenoxy) is 1. The average molecular weight is 433 g/mol. The van der Waals surface area contributed by atoms with Gasteiger partial charge in [-0.3, -0.25) is 0 Å². The highest BCUT2D eigenvalue weighted by atomic mass is 19.5. The van der Waals surface area contributed by atoms with Crippen LogP contribution < -0.4 is 4.57 Å². The van der Waals surface area contributed by atoms with Gasteiger partial charge in [-0.25, -0.2) is 4.57 Å².